The molecule has 3 aromatic rings. The monoisotopic (exact) mass is 392 g/mol. The van der Waals surface area contributed by atoms with Gasteiger partial charge in [0.25, 0.3) is 0 Å². The minimum atomic E-state index is -2.98. The summed E-state index contributed by atoms with van der Waals surface area (Å²) in [6, 6.07) is 9.66. The molecule has 1 atom stereocenters. The van der Waals surface area contributed by atoms with Crippen molar-refractivity contribution in [3.8, 4) is 5.75 Å². The van der Waals surface area contributed by atoms with Gasteiger partial charge in [0.1, 0.15) is 23.9 Å². The van der Waals surface area contributed by atoms with Crippen LogP contribution in [0, 0.1) is 5.82 Å². The maximum absolute atomic E-state index is 13.2. The van der Waals surface area contributed by atoms with Crippen molar-refractivity contribution in [1.82, 2.24) is 14.8 Å². The fourth-order valence-corrected chi connectivity index (χ4v) is 3.09. The van der Waals surface area contributed by atoms with E-state index < -0.39 is 12.7 Å². The number of allylic oxidation sites excluding steroid dienone is 1. The lowest BCUT2D eigenvalue weighted by molar-refractivity contribution is -0.0506. The van der Waals surface area contributed by atoms with Crippen molar-refractivity contribution in [2.75, 3.05) is 5.32 Å². The minimum Gasteiger partial charge on any atom is -0.434 e. The summed E-state index contributed by atoms with van der Waals surface area (Å²) in [6.45, 7) is -2.98. The quantitative estimate of drug-likeness (QED) is 0.697. The van der Waals surface area contributed by atoms with Crippen molar-refractivity contribution in [2.45, 2.75) is 12.7 Å². The Hall–Kier alpha value is -3.00. The highest BCUT2D eigenvalue weighted by Crippen LogP contribution is 2.37. The Balaban J connectivity index is 1.83. The van der Waals surface area contributed by atoms with E-state index in [0.717, 1.165) is 0 Å². The predicted molar refractivity (Wildman–Crippen MR) is 94.2 cm³/mol. The summed E-state index contributed by atoms with van der Waals surface area (Å²) in [6.07, 6.45) is 3.11. The van der Waals surface area contributed by atoms with E-state index in [-0.39, 0.29) is 11.6 Å². The lowest BCUT2D eigenvalue weighted by Gasteiger charge is -2.26. The van der Waals surface area contributed by atoms with Gasteiger partial charge in [0.15, 0.2) is 0 Å². The van der Waals surface area contributed by atoms with Crippen LogP contribution in [0.3, 0.4) is 0 Å². The van der Waals surface area contributed by atoms with Crippen LogP contribution in [0.15, 0.2) is 54.9 Å². The van der Waals surface area contributed by atoms with Crippen molar-refractivity contribution >= 4 is 23.2 Å². The molecule has 138 valence electrons. The Morgan fingerprint density at radius 3 is 2.67 bits per heavy atom. The fraction of sp³-hybridized carbons (Fsp3) is 0.111. The first-order valence-corrected chi connectivity index (χ1v) is 8.27. The Kier molecular flexibility index (Phi) is 4.49. The largest absolute Gasteiger partial charge is 0.434 e. The number of fused-ring (bicyclic) bond motifs is 1. The summed E-state index contributed by atoms with van der Waals surface area (Å²) >= 11 is 6.08. The lowest BCUT2D eigenvalue weighted by Crippen LogP contribution is -2.21. The summed E-state index contributed by atoms with van der Waals surface area (Å²) < 4.78 is 45.1. The first-order valence-electron chi connectivity index (χ1n) is 7.90. The maximum atomic E-state index is 13.2. The molecule has 9 heteroatoms. The second-order valence-corrected chi connectivity index (χ2v) is 6.18. The number of nitrogens with one attached hydrogen (secondary N) is 1. The lowest BCUT2D eigenvalue weighted by atomic mass is 10.0. The molecule has 1 aromatic heterocycles. The van der Waals surface area contributed by atoms with E-state index in [2.05, 4.69) is 20.1 Å². The number of hydrogen-bond donors (Lipinski definition) is 1. The number of halogens is 4. The topological polar surface area (TPSA) is 52.0 Å². The molecule has 2 aromatic carbocycles. The van der Waals surface area contributed by atoms with Crippen LogP contribution >= 0.6 is 11.6 Å². The Labute approximate surface area is 157 Å². The van der Waals surface area contributed by atoms with Crippen LogP contribution in [-0.2, 0) is 0 Å². The van der Waals surface area contributed by atoms with Gasteiger partial charge in [-0.1, -0.05) is 11.6 Å². The molecule has 2 heterocycles. The van der Waals surface area contributed by atoms with Crippen molar-refractivity contribution in [3.63, 3.8) is 0 Å². The van der Waals surface area contributed by atoms with Crippen molar-refractivity contribution in [1.29, 1.82) is 0 Å². The molecule has 0 amide bonds. The molecule has 5 nitrogen and oxygen atoms in total. The van der Waals surface area contributed by atoms with Crippen molar-refractivity contribution in [3.05, 3.63) is 76.8 Å². The van der Waals surface area contributed by atoms with E-state index in [0.29, 0.717) is 27.8 Å². The molecular weight excluding hydrogens is 381 g/mol. The van der Waals surface area contributed by atoms with E-state index in [1.54, 1.807) is 24.3 Å². The van der Waals surface area contributed by atoms with Gasteiger partial charge in [-0.2, -0.15) is 18.9 Å². The van der Waals surface area contributed by atoms with E-state index in [1.165, 1.54) is 35.3 Å². The first kappa shape index (κ1) is 17.4. The first-order chi connectivity index (χ1) is 13.0. The molecule has 4 rings (SSSR count). The van der Waals surface area contributed by atoms with Gasteiger partial charge in [-0.15, -0.1) is 0 Å². The summed E-state index contributed by atoms with van der Waals surface area (Å²) in [5, 5.41) is 7.62. The highest BCUT2D eigenvalue weighted by molar-refractivity contribution is 6.30. The Morgan fingerprint density at radius 1 is 1.15 bits per heavy atom. The standard InChI is InChI=1S/C18H12ClF3N4O/c19-11-3-6-16(27-17(21)22)13(7-11)15-8-14(10-1-4-12(20)5-2-10)25-18-23-9-24-26(15)18/h1-9,15,17H,(H,23,24,25). The summed E-state index contributed by atoms with van der Waals surface area (Å²) in [4.78, 5) is 4.14. The van der Waals surface area contributed by atoms with E-state index in [1.807, 2.05) is 0 Å². The van der Waals surface area contributed by atoms with Crippen LogP contribution in [0.5, 0.6) is 5.75 Å². The molecule has 1 unspecified atom stereocenters. The summed E-state index contributed by atoms with van der Waals surface area (Å²) in [7, 11) is 0. The van der Waals surface area contributed by atoms with Crippen LogP contribution in [-0.4, -0.2) is 21.4 Å². The number of ether oxygens (including phenoxy) is 1. The highest BCUT2D eigenvalue weighted by Gasteiger charge is 2.27. The molecule has 1 N–H and O–H groups in total. The second-order valence-electron chi connectivity index (χ2n) is 5.75. The molecule has 0 radical (unpaired) electrons. The van der Waals surface area contributed by atoms with Gasteiger partial charge in [-0.3, -0.25) is 0 Å². The SMILES string of the molecule is Fc1ccc(C2=CC(c3cc(Cl)ccc3OC(F)F)n3ncnc3N2)cc1. The van der Waals surface area contributed by atoms with Crippen LogP contribution < -0.4 is 10.1 Å². The van der Waals surface area contributed by atoms with Crippen molar-refractivity contribution < 1.29 is 17.9 Å². The van der Waals surface area contributed by atoms with Gasteiger partial charge in [-0.05, 0) is 54.1 Å². The number of anilines is 1. The molecule has 0 bridgehead atoms. The van der Waals surface area contributed by atoms with Gasteiger partial charge < -0.3 is 10.1 Å². The van der Waals surface area contributed by atoms with Gasteiger partial charge in [0, 0.05) is 16.3 Å². The minimum absolute atomic E-state index is 0.0162. The smallest absolute Gasteiger partial charge is 0.387 e. The molecule has 0 saturated carbocycles. The third kappa shape index (κ3) is 3.48. The zero-order chi connectivity index (χ0) is 19.0. The van der Waals surface area contributed by atoms with E-state index >= 15 is 0 Å². The average molecular weight is 393 g/mol. The number of benzene rings is 2. The maximum Gasteiger partial charge on any atom is 0.387 e. The third-order valence-corrected chi connectivity index (χ3v) is 4.30. The van der Waals surface area contributed by atoms with E-state index in [9.17, 15) is 13.2 Å². The third-order valence-electron chi connectivity index (χ3n) is 4.07. The average Bonchev–Trinajstić information content (AvgIpc) is 3.11. The highest BCUT2D eigenvalue weighted by atomic mass is 35.5. The molecule has 0 saturated heterocycles. The van der Waals surface area contributed by atoms with Gasteiger partial charge in [0.2, 0.25) is 5.95 Å². The number of alkyl halides is 2. The van der Waals surface area contributed by atoms with Gasteiger partial charge in [-0.25, -0.2) is 9.07 Å². The van der Waals surface area contributed by atoms with Crippen LogP contribution in [0.25, 0.3) is 5.70 Å². The van der Waals surface area contributed by atoms with Crippen LogP contribution in [0.1, 0.15) is 17.2 Å². The second kappa shape index (κ2) is 6.96. The van der Waals surface area contributed by atoms with Crippen LogP contribution in [0.4, 0.5) is 19.1 Å². The molecule has 0 spiro atoms. The fourth-order valence-electron chi connectivity index (χ4n) is 2.91. The predicted octanol–water partition coefficient (Wildman–Crippen LogP) is 4.73. The van der Waals surface area contributed by atoms with Crippen LogP contribution in [0.2, 0.25) is 5.02 Å². The van der Waals surface area contributed by atoms with Gasteiger partial charge >= 0.3 is 6.61 Å². The number of hydrogen-bond acceptors (Lipinski definition) is 4. The molecule has 0 aliphatic carbocycles. The summed E-state index contributed by atoms with van der Waals surface area (Å²) in [5.41, 5.74) is 1.73. The number of nitrogens with zero attached hydrogens (tertiary/aromatic N) is 3. The van der Waals surface area contributed by atoms with Gasteiger partial charge in [0.05, 0.1) is 0 Å². The molecule has 0 fully saturated rings. The molecule has 1 aliphatic heterocycles. The zero-order valence-corrected chi connectivity index (χ0v) is 14.4. The Bertz CT molecular complexity index is 1000. The number of rotatable bonds is 4. The number of aromatic nitrogens is 3. The Morgan fingerprint density at radius 2 is 1.93 bits per heavy atom. The summed E-state index contributed by atoms with van der Waals surface area (Å²) in [5.74, 6) is 0.0274. The molecular formula is C18H12ClF3N4O. The van der Waals surface area contributed by atoms with E-state index in [4.69, 9.17) is 11.6 Å². The normalized spacial score (nSPS) is 15.9. The molecule has 1 aliphatic rings. The van der Waals surface area contributed by atoms with Crippen molar-refractivity contribution in [2.24, 2.45) is 0 Å². The zero-order valence-electron chi connectivity index (χ0n) is 13.6. The molecule has 27 heavy (non-hydrogen) atoms.